The first-order chi connectivity index (χ1) is 7.02. The SMILES string of the molecule is CC(=O)N1CCCN(C(C)C(=O)O)CC1. The van der Waals surface area contributed by atoms with Gasteiger partial charge in [-0.1, -0.05) is 0 Å². The zero-order valence-corrected chi connectivity index (χ0v) is 9.27. The highest BCUT2D eigenvalue weighted by atomic mass is 16.4. The summed E-state index contributed by atoms with van der Waals surface area (Å²) in [6.07, 6.45) is 0.844. The van der Waals surface area contributed by atoms with Crippen molar-refractivity contribution in [1.82, 2.24) is 9.80 Å². The summed E-state index contributed by atoms with van der Waals surface area (Å²) in [7, 11) is 0. The number of hydrogen-bond donors (Lipinski definition) is 1. The Kier molecular flexibility index (Phi) is 4.08. The lowest BCUT2D eigenvalue weighted by Gasteiger charge is -2.24. The smallest absolute Gasteiger partial charge is 0.320 e. The zero-order valence-electron chi connectivity index (χ0n) is 9.27. The molecule has 1 heterocycles. The molecule has 0 saturated carbocycles. The molecule has 1 aliphatic rings. The summed E-state index contributed by atoms with van der Waals surface area (Å²) < 4.78 is 0. The van der Waals surface area contributed by atoms with Gasteiger partial charge in [0.05, 0.1) is 0 Å². The molecule has 1 rings (SSSR count). The van der Waals surface area contributed by atoms with E-state index < -0.39 is 12.0 Å². The second kappa shape index (κ2) is 5.11. The lowest BCUT2D eigenvalue weighted by atomic mass is 10.2. The van der Waals surface area contributed by atoms with Crippen molar-refractivity contribution in [3.63, 3.8) is 0 Å². The maximum atomic E-state index is 11.2. The first-order valence-corrected chi connectivity index (χ1v) is 5.24. The predicted molar refractivity (Wildman–Crippen MR) is 55.5 cm³/mol. The number of carbonyl (C=O) groups is 2. The van der Waals surface area contributed by atoms with Gasteiger partial charge in [-0.2, -0.15) is 0 Å². The molecule has 0 spiro atoms. The second-order valence-corrected chi connectivity index (χ2v) is 3.91. The van der Waals surface area contributed by atoms with E-state index in [0.717, 1.165) is 19.5 Å². The van der Waals surface area contributed by atoms with Gasteiger partial charge in [0.2, 0.25) is 5.91 Å². The minimum Gasteiger partial charge on any atom is -0.480 e. The summed E-state index contributed by atoms with van der Waals surface area (Å²) in [5, 5.41) is 8.88. The number of nitrogens with zero attached hydrogens (tertiary/aromatic N) is 2. The molecule has 1 aliphatic heterocycles. The van der Waals surface area contributed by atoms with Gasteiger partial charge < -0.3 is 10.0 Å². The average Bonchev–Trinajstić information content (AvgIpc) is 2.41. The number of hydrogen-bond acceptors (Lipinski definition) is 3. The third kappa shape index (κ3) is 3.20. The Morgan fingerprint density at radius 2 is 1.87 bits per heavy atom. The molecular formula is C10H18N2O3. The summed E-state index contributed by atoms with van der Waals surface area (Å²) in [6, 6.07) is -0.461. The van der Waals surface area contributed by atoms with Crippen LogP contribution in [0.3, 0.4) is 0 Å². The van der Waals surface area contributed by atoms with E-state index in [9.17, 15) is 9.59 Å². The van der Waals surface area contributed by atoms with E-state index in [1.165, 1.54) is 0 Å². The Bertz CT molecular complexity index is 255. The van der Waals surface area contributed by atoms with Crippen LogP contribution in [-0.2, 0) is 9.59 Å². The third-order valence-corrected chi connectivity index (χ3v) is 2.88. The van der Waals surface area contributed by atoms with Crippen molar-refractivity contribution in [2.75, 3.05) is 26.2 Å². The zero-order chi connectivity index (χ0) is 11.4. The molecule has 0 aromatic heterocycles. The monoisotopic (exact) mass is 214 g/mol. The van der Waals surface area contributed by atoms with Gasteiger partial charge >= 0.3 is 5.97 Å². The van der Waals surface area contributed by atoms with E-state index in [0.29, 0.717) is 13.1 Å². The molecule has 0 bridgehead atoms. The normalized spacial score (nSPS) is 20.8. The predicted octanol–water partition coefficient (Wildman–Crippen LogP) is 0.0137. The maximum absolute atomic E-state index is 11.2. The number of aliphatic carboxylic acids is 1. The second-order valence-electron chi connectivity index (χ2n) is 3.91. The molecule has 1 amide bonds. The number of carbonyl (C=O) groups excluding carboxylic acids is 1. The fraction of sp³-hybridized carbons (Fsp3) is 0.800. The number of rotatable bonds is 2. The lowest BCUT2D eigenvalue weighted by Crippen LogP contribution is -2.41. The molecule has 1 unspecified atom stereocenters. The van der Waals surface area contributed by atoms with Gasteiger partial charge in [0.25, 0.3) is 0 Å². The van der Waals surface area contributed by atoms with Crippen molar-refractivity contribution >= 4 is 11.9 Å². The van der Waals surface area contributed by atoms with E-state index in [1.807, 2.05) is 4.90 Å². The van der Waals surface area contributed by atoms with Crippen molar-refractivity contribution < 1.29 is 14.7 Å². The number of carboxylic acids is 1. The Morgan fingerprint density at radius 3 is 2.40 bits per heavy atom. The van der Waals surface area contributed by atoms with Crippen LogP contribution in [0.25, 0.3) is 0 Å². The van der Waals surface area contributed by atoms with Crippen LogP contribution in [0.15, 0.2) is 0 Å². The van der Waals surface area contributed by atoms with Crippen molar-refractivity contribution in [3.8, 4) is 0 Å². The highest BCUT2D eigenvalue weighted by Crippen LogP contribution is 2.07. The topological polar surface area (TPSA) is 60.9 Å². The van der Waals surface area contributed by atoms with Crippen molar-refractivity contribution in [1.29, 1.82) is 0 Å². The summed E-state index contributed by atoms with van der Waals surface area (Å²) in [5.41, 5.74) is 0. The molecule has 0 aromatic rings. The van der Waals surface area contributed by atoms with Crippen LogP contribution in [0.2, 0.25) is 0 Å². The van der Waals surface area contributed by atoms with Gasteiger partial charge in [-0.3, -0.25) is 14.5 Å². The summed E-state index contributed by atoms with van der Waals surface area (Å²) in [4.78, 5) is 25.6. The fourth-order valence-electron chi connectivity index (χ4n) is 1.80. The van der Waals surface area contributed by atoms with Gasteiger partial charge in [-0.15, -0.1) is 0 Å². The first kappa shape index (κ1) is 12.0. The van der Waals surface area contributed by atoms with Crippen LogP contribution in [0.4, 0.5) is 0 Å². The summed E-state index contributed by atoms with van der Waals surface area (Å²) in [5.74, 6) is -0.730. The number of amides is 1. The Balaban J connectivity index is 2.52. The van der Waals surface area contributed by atoms with Crippen LogP contribution in [0.1, 0.15) is 20.3 Å². The summed E-state index contributed by atoms with van der Waals surface area (Å²) >= 11 is 0. The molecule has 1 atom stereocenters. The number of carboxylic acid groups (broad SMARTS) is 1. The van der Waals surface area contributed by atoms with Crippen LogP contribution >= 0.6 is 0 Å². The largest absolute Gasteiger partial charge is 0.480 e. The van der Waals surface area contributed by atoms with Crippen LogP contribution in [0, 0.1) is 0 Å². The third-order valence-electron chi connectivity index (χ3n) is 2.88. The Morgan fingerprint density at radius 1 is 1.20 bits per heavy atom. The highest BCUT2D eigenvalue weighted by molar-refractivity contribution is 5.73. The molecule has 86 valence electrons. The molecule has 0 aromatic carbocycles. The molecule has 1 fully saturated rings. The van der Waals surface area contributed by atoms with E-state index in [2.05, 4.69) is 0 Å². The van der Waals surface area contributed by atoms with Gasteiger partial charge in [-0.25, -0.2) is 0 Å². The van der Waals surface area contributed by atoms with Gasteiger partial charge in [0, 0.05) is 33.1 Å². The van der Waals surface area contributed by atoms with E-state index >= 15 is 0 Å². The standard InChI is InChI=1S/C10H18N2O3/c1-8(10(14)15)11-4-3-5-12(7-6-11)9(2)13/h8H,3-7H2,1-2H3,(H,14,15). The molecule has 5 heteroatoms. The lowest BCUT2D eigenvalue weighted by molar-refractivity contribution is -0.142. The molecule has 1 saturated heterocycles. The minimum atomic E-state index is -0.800. The molecule has 5 nitrogen and oxygen atoms in total. The molecule has 0 radical (unpaired) electrons. The van der Waals surface area contributed by atoms with E-state index in [4.69, 9.17) is 5.11 Å². The van der Waals surface area contributed by atoms with Gasteiger partial charge in [-0.05, 0) is 13.3 Å². The molecule has 15 heavy (non-hydrogen) atoms. The van der Waals surface area contributed by atoms with Gasteiger partial charge in [0.15, 0.2) is 0 Å². The average molecular weight is 214 g/mol. The fourth-order valence-corrected chi connectivity index (χ4v) is 1.80. The van der Waals surface area contributed by atoms with Crippen LogP contribution in [-0.4, -0.2) is 59.0 Å². The van der Waals surface area contributed by atoms with Crippen molar-refractivity contribution in [3.05, 3.63) is 0 Å². The first-order valence-electron chi connectivity index (χ1n) is 5.24. The quantitative estimate of drug-likeness (QED) is 0.703. The van der Waals surface area contributed by atoms with Gasteiger partial charge in [0.1, 0.15) is 6.04 Å². The molecule has 0 aliphatic carbocycles. The Labute approximate surface area is 89.7 Å². The van der Waals surface area contributed by atoms with E-state index in [-0.39, 0.29) is 5.91 Å². The minimum absolute atomic E-state index is 0.0693. The molecule has 1 N–H and O–H groups in total. The van der Waals surface area contributed by atoms with Crippen LogP contribution in [0.5, 0.6) is 0 Å². The van der Waals surface area contributed by atoms with Crippen LogP contribution < -0.4 is 0 Å². The Hall–Kier alpha value is -1.10. The maximum Gasteiger partial charge on any atom is 0.320 e. The highest BCUT2D eigenvalue weighted by Gasteiger charge is 2.23. The van der Waals surface area contributed by atoms with Crippen molar-refractivity contribution in [2.24, 2.45) is 0 Å². The van der Waals surface area contributed by atoms with E-state index in [1.54, 1.807) is 18.7 Å². The van der Waals surface area contributed by atoms with Crippen molar-refractivity contribution in [2.45, 2.75) is 26.3 Å². The summed E-state index contributed by atoms with van der Waals surface area (Å²) in [6.45, 7) is 6.00. The molecular weight excluding hydrogens is 196 g/mol.